The van der Waals surface area contributed by atoms with E-state index in [0.29, 0.717) is 0 Å². The Morgan fingerprint density at radius 1 is 0.952 bits per heavy atom. The maximum Gasteiger partial charge on any atom is 0.225 e. The van der Waals surface area contributed by atoms with Crippen LogP contribution in [0.15, 0.2) is 43.0 Å². The molecule has 2 aliphatic rings. The molecule has 21 heavy (non-hydrogen) atoms. The van der Waals surface area contributed by atoms with E-state index in [1.807, 2.05) is 36.9 Å². The third-order valence-corrected chi connectivity index (χ3v) is 4.53. The van der Waals surface area contributed by atoms with Gasteiger partial charge in [0, 0.05) is 57.5 Å². The van der Waals surface area contributed by atoms with Gasteiger partial charge in [0.05, 0.1) is 0 Å². The summed E-state index contributed by atoms with van der Waals surface area (Å²) in [6, 6.07) is 6.04. The monoisotopic (exact) mass is 281 g/mol. The Labute approximate surface area is 124 Å². The van der Waals surface area contributed by atoms with Crippen molar-refractivity contribution in [2.24, 2.45) is 11.8 Å². The summed E-state index contributed by atoms with van der Waals surface area (Å²) in [5.74, 6) is 2.36. The van der Waals surface area contributed by atoms with Crippen LogP contribution >= 0.6 is 0 Å². The minimum absolute atomic E-state index is 0.741. The van der Waals surface area contributed by atoms with Gasteiger partial charge in [0.1, 0.15) is 0 Å². The molecule has 0 aromatic carbocycles. The number of aromatic nitrogens is 3. The summed E-state index contributed by atoms with van der Waals surface area (Å²) in [6.45, 7) is 5.52. The molecule has 0 spiro atoms. The average molecular weight is 281 g/mol. The van der Waals surface area contributed by atoms with Gasteiger partial charge in [-0.15, -0.1) is 0 Å². The lowest BCUT2D eigenvalue weighted by atomic mass is 10.0. The maximum atomic E-state index is 4.37. The van der Waals surface area contributed by atoms with Gasteiger partial charge in [0.25, 0.3) is 0 Å². The Kier molecular flexibility index (Phi) is 3.27. The molecule has 2 aliphatic heterocycles. The van der Waals surface area contributed by atoms with Gasteiger partial charge in [-0.3, -0.25) is 9.88 Å². The van der Waals surface area contributed by atoms with Crippen LogP contribution in [-0.4, -0.2) is 46.0 Å². The molecule has 2 atom stereocenters. The molecule has 108 valence electrons. The van der Waals surface area contributed by atoms with Crippen molar-refractivity contribution < 1.29 is 0 Å². The molecule has 2 aromatic rings. The third kappa shape index (κ3) is 2.61. The van der Waals surface area contributed by atoms with Gasteiger partial charge >= 0.3 is 0 Å². The molecule has 0 N–H and O–H groups in total. The fourth-order valence-electron chi connectivity index (χ4n) is 3.59. The largest absolute Gasteiger partial charge is 0.340 e. The van der Waals surface area contributed by atoms with Crippen LogP contribution in [0.3, 0.4) is 0 Å². The molecule has 4 rings (SSSR count). The quantitative estimate of drug-likeness (QED) is 0.852. The van der Waals surface area contributed by atoms with Crippen molar-refractivity contribution in [1.29, 1.82) is 0 Å². The molecule has 0 saturated carbocycles. The third-order valence-electron chi connectivity index (χ3n) is 4.53. The summed E-state index contributed by atoms with van der Waals surface area (Å²) in [7, 11) is 0. The number of nitrogens with zero attached hydrogens (tertiary/aromatic N) is 5. The topological polar surface area (TPSA) is 45.2 Å². The molecule has 5 heteroatoms. The summed E-state index contributed by atoms with van der Waals surface area (Å²) < 4.78 is 0. The lowest BCUT2D eigenvalue weighted by Gasteiger charge is -2.21. The summed E-state index contributed by atoms with van der Waals surface area (Å²) >= 11 is 0. The van der Waals surface area contributed by atoms with Crippen molar-refractivity contribution >= 4 is 5.95 Å². The Hall–Kier alpha value is -2.01. The van der Waals surface area contributed by atoms with Gasteiger partial charge in [-0.2, -0.15) is 0 Å². The summed E-state index contributed by atoms with van der Waals surface area (Å²) in [4.78, 5) is 17.8. The summed E-state index contributed by atoms with van der Waals surface area (Å²) in [5, 5.41) is 0. The summed E-state index contributed by atoms with van der Waals surface area (Å²) in [5.41, 5.74) is 1.31. The van der Waals surface area contributed by atoms with E-state index in [0.717, 1.165) is 37.4 Å². The zero-order chi connectivity index (χ0) is 14.1. The number of pyridine rings is 1. The van der Waals surface area contributed by atoms with Crippen LogP contribution < -0.4 is 4.90 Å². The second kappa shape index (κ2) is 5.41. The lowest BCUT2D eigenvalue weighted by Crippen LogP contribution is -2.29. The number of fused-ring (bicyclic) bond motifs is 1. The SMILES string of the molecule is c1cnc(N2C[C@@H]3CN(Cc4cccnc4)C[C@H]3C2)nc1. The van der Waals surface area contributed by atoms with E-state index in [-0.39, 0.29) is 0 Å². The Bertz CT molecular complexity index is 574. The van der Waals surface area contributed by atoms with E-state index in [9.17, 15) is 0 Å². The van der Waals surface area contributed by atoms with Crippen LogP contribution in [0.4, 0.5) is 5.95 Å². The van der Waals surface area contributed by atoms with E-state index in [1.165, 1.54) is 18.7 Å². The highest BCUT2D eigenvalue weighted by molar-refractivity contribution is 5.31. The van der Waals surface area contributed by atoms with Gasteiger partial charge < -0.3 is 4.90 Å². The van der Waals surface area contributed by atoms with E-state index >= 15 is 0 Å². The Balaban J connectivity index is 1.37. The fourth-order valence-corrected chi connectivity index (χ4v) is 3.59. The van der Waals surface area contributed by atoms with Gasteiger partial charge in [-0.25, -0.2) is 9.97 Å². The van der Waals surface area contributed by atoms with Crippen LogP contribution in [-0.2, 0) is 6.54 Å². The second-order valence-corrected chi connectivity index (χ2v) is 6.03. The van der Waals surface area contributed by atoms with E-state index in [4.69, 9.17) is 0 Å². The molecular weight excluding hydrogens is 262 g/mol. The van der Waals surface area contributed by atoms with Crippen molar-refractivity contribution in [2.45, 2.75) is 6.54 Å². The number of likely N-dealkylation sites (tertiary alicyclic amines) is 1. The molecule has 0 aliphatic carbocycles. The normalized spacial score (nSPS) is 25.2. The molecule has 2 aromatic heterocycles. The van der Waals surface area contributed by atoms with E-state index in [1.54, 1.807) is 0 Å². The van der Waals surface area contributed by atoms with Crippen molar-refractivity contribution in [3.8, 4) is 0 Å². The minimum Gasteiger partial charge on any atom is -0.340 e. The molecule has 2 saturated heterocycles. The van der Waals surface area contributed by atoms with Crippen molar-refractivity contribution in [1.82, 2.24) is 19.9 Å². The lowest BCUT2D eigenvalue weighted by molar-refractivity contribution is 0.308. The standard InChI is InChI=1S/C16H19N5/c1-3-13(7-17-4-1)8-20-9-14-11-21(12-15(14)10-20)16-18-5-2-6-19-16/h1-7,14-15H,8-12H2/t14-,15-/m0/s1. The summed E-state index contributed by atoms with van der Waals surface area (Å²) in [6.07, 6.45) is 7.45. The van der Waals surface area contributed by atoms with Gasteiger partial charge in [-0.1, -0.05) is 6.07 Å². The van der Waals surface area contributed by atoms with Crippen LogP contribution in [0.25, 0.3) is 0 Å². The molecule has 0 unspecified atom stereocenters. The molecule has 0 radical (unpaired) electrons. The zero-order valence-corrected chi connectivity index (χ0v) is 12.0. The predicted octanol–water partition coefficient (Wildman–Crippen LogP) is 1.44. The molecule has 0 amide bonds. The fraction of sp³-hybridized carbons (Fsp3) is 0.438. The minimum atomic E-state index is 0.741. The van der Waals surface area contributed by atoms with Crippen molar-refractivity contribution in [3.63, 3.8) is 0 Å². The highest BCUT2D eigenvalue weighted by atomic mass is 15.3. The highest BCUT2D eigenvalue weighted by Crippen LogP contribution is 2.33. The number of anilines is 1. The van der Waals surface area contributed by atoms with E-state index in [2.05, 4.69) is 30.8 Å². The first-order chi connectivity index (χ1) is 10.4. The van der Waals surface area contributed by atoms with Crippen LogP contribution in [0.5, 0.6) is 0 Å². The zero-order valence-electron chi connectivity index (χ0n) is 12.0. The van der Waals surface area contributed by atoms with Crippen LogP contribution in [0, 0.1) is 11.8 Å². The van der Waals surface area contributed by atoms with Gasteiger partial charge in [0.15, 0.2) is 0 Å². The van der Waals surface area contributed by atoms with Gasteiger partial charge in [0.2, 0.25) is 5.95 Å². The highest BCUT2D eigenvalue weighted by Gasteiger charge is 2.40. The second-order valence-electron chi connectivity index (χ2n) is 6.03. The molecule has 2 fully saturated rings. The average Bonchev–Trinajstić information content (AvgIpc) is 3.07. The first kappa shape index (κ1) is 12.7. The first-order valence-electron chi connectivity index (χ1n) is 7.52. The van der Waals surface area contributed by atoms with Crippen molar-refractivity contribution in [3.05, 3.63) is 48.5 Å². The van der Waals surface area contributed by atoms with Crippen LogP contribution in [0.1, 0.15) is 5.56 Å². The number of hydrogen-bond donors (Lipinski definition) is 0. The molecular formula is C16H19N5. The number of rotatable bonds is 3. The van der Waals surface area contributed by atoms with Gasteiger partial charge in [-0.05, 0) is 29.5 Å². The maximum absolute atomic E-state index is 4.37. The van der Waals surface area contributed by atoms with Crippen molar-refractivity contribution in [2.75, 3.05) is 31.1 Å². The van der Waals surface area contributed by atoms with Crippen LogP contribution in [0.2, 0.25) is 0 Å². The first-order valence-corrected chi connectivity index (χ1v) is 7.52. The number of hydrogen-bond acceptors (Lipinski definition) is 5. The molecule has 5 nitrogen and oxygen atoms in total. The van der Waals surface area contributed by atoms with E-state index < -0.39 is 0 Å². The predicted molar refractivity (Wildman–Crippen MR) is 80.7 cm³/mol. The molecule has 4 heterocycles. The molecule has 0 bridgehead atoms. The Morgan fingerprint density at radius 3 is 2.38 bits per heavy atom. The smallest absolute Gasteiger partial charge is 0.225 e. The Morgan fingerprint density at radius 2 is 1.71 bits per heavy atom.